The van der Waals surface area contributed by atoms with E-state index in [1.807, 2.05) is 0 Å². The minimum absolute atomic E-state index is 0. The zero-order valence-corrected chi connectivity index (χ0v) is 4.74. The van der Waals surface area contributed by atoms with Gasteiger partial charge in [0.2, 0.25) is 0 Å². The predicted octanol–water partition coefficient (Wildman–Crippen LogP) is 2.42. The molecule has 0 aliphatic heterocycles. The van der Waals surface area contributed by atoms with Gasteiger partial charge in [0.05, 0.1) is 0 Å². The number of hydrogen-bond acceptors (Lipinski definition) is 0. The molecule has 40 valence electrons. The van der Waals surface area contributed by atoms with Crippen LogP contribution >= 0.6 is 0 Å². The van der Waals surface area contributed by atoms with Crippen LogP contribution in [0, 0.1) is 7.43 Å². The van der Waals surface area contributed by atoms with Gasteiger partial charge in [-0.15, -0.1) is 0 Å². The van der Waals surface area contributed by atoms with E-state index in [0.29, 0.717) is 0 Å². The topological polar surface area (TPSA) is 0 Å². The Morgan fingerprint density at radius 2 is 0.571 bits per heavy atom. The summed E-state index contributed by atoms with van der Waals surface area (Å²) in [6.07, 6.45) is 9.00. The molecule has 0 heteroatoms. The summed E-state index contributed by atoms with van der Waals surface area (Å²) >= 11 is 0. The second-order valence-electron chi connectivity index (χ2n) is 2.12. The van der Waals surface area contributed by atoms with E-state index in [1.165, 1.54) is 38.5 Å². The Morgan fingerprint density at radius 1 is 0.429 bits per heavy atom. The second-order valence-corrected chi connectivity index (χ2v) is 2.12. The van der Waals surface area contributed by atoms with E-state index in [4.69, 9.17) is 0 Å². The van der Waals surface area contributed by atoms with Gasteiger partial charge in [0, 0.05) is 7.43 Å². The van der Waals surface area contributed by atoms with E-state index >= 15 is 0 Å². The van der Waals surface area contributed by atoms with E-state index in [1.54, 1.807) is 0 Å². The molecule has 0 unspecified atom stereocenters. The normalized spacial score (nSPS) is 20.6. The number of hydrogen-bond donors (Lipinski definition) is 0. The molecule has 0 saturated heterocycles. The van der Waals surface area contributed by atoms with E-state index in [9.17, 15) is 0 Å². The van der Waals surface area contributed by atoms with E-state index in [-0.39, 0.29) is 7.43 Å². The molecule has 0 heterocycles. The second kappa shape index (κ2) is 4.17. The van der Waals surface area contributed by atoms with Gasteiger partial charge in [0.15, 0.2) is 0 Å². The summed E-state index contributed by atoms with van der Waals surface area (Å²) in [5, 5.41) is 0. The van der Waals surface area contributed by atoms with Crippen LogP contribution in [0.25, 0.3) is 0 Å². The van der Waals surface area contributed by atoms with Crippen molar-refractivity contribution in [1.82, 2.24) is 0 Å². The molecule has 0 atom stereocenters. The first-order chi connectivity index (χ1) is 3.00. The molecule has 1 saturated carbocycles. The fourth-order valence-corrected chi connectivity index (χ4v) is 1.06. The fourth-order valence-electron chi connectivity index (χ4n) is 1.06. The lowest BCUT2D eigenvalue weighted by Gasteiger charge is -2.05. The van der Waals surface area contributed by atoms with Crippen LogP contribution in [-0.4, -0.2) is 0 Å². The van der Waals surface area contributed by atoms with Crippen molar-refractivity contribution < 1.29 is 0 Å². The van der Waals surface area contributed by atoms with Crippen LogP contribution in [0.4, 0.5) is 0 Å². The Bertz CT molecular complexity index is 15.5. The summed E-state index contributed by atoms with van der Waals surface area (Å²) < 4.78 is 0. The van der Waals surface area contributed by atoms with Gasteiger partial charge in [-0.05, 0) is 0 Å². The van der Waals surface area contributed by atoms with E-state index in [2.05, 4.69) is 0 Å². The lowest BCUT2D eigenvalue weighted by molar-refractivity contribution is 0.504. The van der Waals surface area contributed by atoms with E-state index in [0.717, 1.165) is 0 Å². The molecule has 1 aliphatic rings. The SMILES string of the molecule is C1CCCCC1.[C]. The molecule has 0 bridgehead atoms. The third-order valence-corrected chi connectivity index (χ3v) is 1.50. The fraction of sp³-hybridized carbons (Fsp3) is 0.857. The first-order valence-electron chi connectivity index (χ1n) is 3.00. The van der Waals surface area contributed by atoms with Crippen LogP contribution in [0.2, 0.25) is 0 Å². The van der Waals surface area contributed by atoms with Crippen molar-refractivity contribution in [3.63, 3.8) is 0 Å². The van der Waals surface area contributed by atoms with Crippen LogP contribution in [-0.2, 0) is 0 Å². The van der Waals surface area contributed by atoms with Crippen LogP contribution in [0.5, 0.6) is 0 Å². The highest BCUT2D eigenvalue weighted by Crippen LogP contribution is 2.15. The Hall–Kier alpha value is 0. The first kappa shape index (κ1) is 7.00. The molecule has 0 aromatic rings. The van der Waals surface area contributed by atoms with Gasteiger partial charge in [0.25, 0.3) is 0 Å². The molecular formula is C7H12. The van der Waals surface area contributed by atoms with Gasteiger partial charge < -0.3 is 0 Å². The quantitative estimate of drug-likeness (QED) is 0.434. The van der Waals surface area contributed by atoms with Crippen molar-refractivity contribution >= 4 is 0 Å². The van der Waals surface area contributed by atoms with Crippen molar-refractivity contribution in [2.45, 2.75) is 38.5 Å². The molecule has 1 aliphatic carbocycles. The van der Waals surface area contributed by atoms with Gasteiger partial charge >= 0.3 is 0 Å². The van der Waals surface area contributed by atoms with Gasteiger partial charge in [0.1, 0.15) is 0 Å². The Labute approximate surface area is 46.9 Å². The highest BCUT2D eigenvalue weighted by molar-refractivity contribution is 4.51. The number of rotatable bonds is 0. The maximum Gasteiger partial charge on any atom is 0 e. The average Bonchev–Trinajstić information content (AvgIpc) is 1.72. The van der Waals surface area contributed by atoms with Crippen molar-refractivity contribution in [1.29, 1.82) is 0 Å². The molecule has 1 rings (SSSR count). The Kier molecular flexibility index (Phi) is 4.17. The zero-order chi connectivity index (χ0) is 4.24. The van der Waals surface area contributed by atoms with E-state index < -0.39 is 0 Å². The van der Waals surface area contributed by atoms with Crippen LogP contribution in [0.1, 0.15) is 38.5 Å². The van der Waals surface area contributed by atoms with Gasteiger partial charge in [-0.2, -0.15) is 0 Å². The zero-order valence-electron chi connectivity index (χ0n) is 4.74. The summed E-state index contributed by atoms with van der Waals surface area (Å²) in [6, 6.07) is 0. The largest absolute Gasteiger partial charge is 0.0533 e. The molecular weight excluding hydrogens is 84.1 g/mol. The summed E-state index contributed by atoms with van der Waals surface area (Å²) in [7, 11) is 0. The average molecular weight is 96.2 g/mol. The highest BCUT2D eigenvalue weighted by atomic mass is 14.0. The monoisotopic (exact) mass is 96.1 g/mol. The standard InChI is InChI=1S/C6H12.C/c1-2-4-6-5-3-1;/h1-6H2;. The Morgan fingerprint density at radius 3 is 0.714 bits per heavy atom. The van der Waals surface area contributed by atoms with Crippen LogP contribution in [0.3, 0.4) is 0 Å². The lowest BCUT2D eigenvalue weighted by atomic mass is 10.0. The maximum atomic E-state index is 1.50. The van der Waals surface area contributed by atoms with Gasteiger partial charge in [-0.1, -0.05) is 38.5 Å². The van der Waals surface area contributed by atoms with Gasteiger partial charge in [-0.25, -0.2) is 0 Å². The Balaban J connectivity index is 0.000000360. The molecule has 0 amide bonds. The first-order valence-corrected chi connectivity index (χ1v) is 3.00. The molecule has 0 spiro atoms. The van der Waals surface area contributed by atoms with Crippen molar-refractivity contribution in [3.05, 3.63) is 7.43 Å². The summed E-state index contributed by atoms with van der Waals surface area (Å²) in [4.78, 5) is 0. The summed E-state index contributed by atoms with van der Waals surface area (Å²) in [5.74, 6) is 0. The van der Waals surface area contributed by atoms with Crippen LogP contribution in [0.15, 0.2) is 0 Å². The molecule has 0 nitrogen and oxygen atoms in total. The minimum Gasteiger partial charge on any atom is -0.0533 e. The van der Waals surface area contributed by atoms with Crippen molar-refractivity contribution in [2.24, 2.45) is 0 Å². The molecule has 0 N–H and O–H groups in total. The minimum atomic E-state index is 0. The molecule has 4 radical (unpaired) electrons. The highest BCUT2D eigenvalue weighted by Gasteiger charge is 1.95. The predicted molar refractivity (Wildman–Crippen MR) is 30.9 cm³/mol. The molecule has 1 fully saturated rings. The summed E-state index contributed by atoms with van der Waals surface area (Å²) in [6.45, 7) is 0. The molecule has 7 heavy (non-hydrogen) atoms. The maximum absolute atomic E-state index is 1.50. The molecule has 0 aromatic carbocycles. The van der Waals surface area contributed by atoms with Gasteiger partial charge in [-0.3, -0.25) is 0 Å². The third kappa shape index (κ3) is 2.67. The van der Waals surface area contributed by atoms with Crippen molar-refractivity contribution in [3.8, 4) is 0 Å². The summed E-state index contributed by atoms with van der Waals surface area (Å²) in [5.41, 5.74) is 0. The van der Waals surface area contributed by atoms with Crippen LogP contribution < -0.4 is 0 Å². The third-order valence-electron chi connectivity index (χ3n) is 1.50. The molecule has 0 aromatic heterocycles. The van der Waals surface area contributed by atoms with Crippen molar-refractivity contribution in [2.75, 3.05) is 0 Å². The lowest BCUT2D eigenvalue weighted by Crippen LogP contribution is -1.85. The smallest absolute Gasteiger partial charge is 0 e.